The predicted octanol–water partition coefficient (Wildman–Crippen LogP) is 2.75. The number of benzene rings is 1. The van der Waals surface area contributed by atoms with Crippen LogP contribution in [0, 0.1) is 12.7 Å². The van der Waals surface area contributed by atoms with Crippen LogP contribution in [-0.4, -0.2) is 17.7 Å². The molecule has 1 amide bonds. The Bertz CT molecular complexity index is 686. The molecular weight excluding hydrogens is 331 g/mol. The summed E-state index contributed by atoms with van der Waals surface area (Å²) < 4.78 is 24.0. The van der Waals surface area contributed by atoms with Crippen molar-refractivity contribution in [3.8, 4) is 5.75 Å². The molecule has 1 aromatic carbocycles. The van der Waals surface area contributed by atoms with Gasteiger partial charge in [-0.3, -0.25) is 4.79 Å². The van der Waals surface area contributed by atoms with Crippen molar-refractivity contribution >= 4 is 21.8 Å². The predicted molar refractivity (Wildman–Crippen MR) is 71.0 cm³/mol. The molecule has 1 N–H and O–H groups in total. The number of hydrogen-bond acceptors (Lipinski definition) is 4. The SMILES string of the molecule is Cc1cc(C(=O)NC2COc3cc(F)c(Br)cc32)no1. The van der Waals surface area contributed by atoms with Crippen LogP contribution >= 0.6 is 15.9 Å². The Labute approximate surface area is 122 Å². The largest absolute Gasteiger partial charge is 0.491 e. The number of fused-ring (bicyclic) bond motifs is 1. The van der Waals surface area contributed by atoms with Gasteiger partial charge in [0.1, 0.15) is 23.9 Å². The number of carbonyl (C=O) groups excluding carboxylic acids is 1. The minimum absolute atomic E-state index is 0.206. The molecule has 1 aliphatic heterocycles. The van der Waals surface area contributed by atoms with Gasteiger partial charge in [0.2, 0.25) is 0 Å². The Balaban J connectivity index is 1.81. The zero-order valence-corrected chi connectivity index (χ0v) is 12.0. The molecular formula is C13H10BrFN2O3. The minimum atomic E-state index is -0.400. The molecule has 20 heavy (non-hydrogen) atoms. The molecule has 0 spiro atoms. The number of halogens is 2. The van der Waals surface area contributed by atoms with Crippen molar-refractivity contribution in [1.82, 2.24) is 10.5 Å². The van der Waals surface area contributed by atoms with Crippen LogP contribution in [0.25, 0.3) is 0 Å². The van der Waals surface area contributed by atoms with E-state index in [-0.39, 0.29) is 24.2 Å². The van der Waals surface area contributed by atoms with Gasteiger partial charge in [-0.1, -0.05) is 5.16 Å². The summed E-state index contributed by atoms with van der Waals surface area (Å²) in [7, 11) is 0. The smallest absolute Gasteiger partial charge is 0.274 e. The van der Waals surface area contributed by atoms with Crippen molar-refractivity contribution in [3.63, 3.8) is 0 Å². The van der Waals surface area contributed by atoms with Crippen LogP contribution in [0.2, 0.25) is 0 Å². The van der Waals surface area contributed by atoms with E-state index in [0.717, 1.165) is 5.56 Å². The normalized spacial score (nSPS) is 16.6. The lowest BCUT2D eigenvalue weighted by molar-refractivity contribution is 0.0921. The lowest BCUT2D eigenvalue weighted by Crippen LogP contribution is -2.29. The summed E-state index contributed by atoms with van der Waals surface area (Å²) in [4.78, 5) is 12.0. The van der Waals surface area contributed by atoms with E-state index < -0.39 is 5.82 Å². The van der Waals surface area contributed by atoms with E-state index in [2.05, 4.69) is 26.4 Å². The molecule has 3 rings (SSSR count). The average molecular weight is 341 g/mol. The maximum absolute atomic E-state index is 13.4. The van der Waals surface area contributed by atoms with E-state index in [1.165, 1.54) is 6.07 Å². The number of aromatic nitrogens is 1. The van der Waals surface area contributed by atoms with Gasteiger partial charge in [0, 0.05) is 17.7 Å². The highest BCUT2D eigenvalue weighted by Crippen LogP contribution is 2.36. The molecule has 1 atom stereocenters. The van der Waals surface area contributed by atoms with Crippen LogP contribution in [0.3, 0.4) is 0 Å². The summed E-state index contributed by atoms with van der Waals surface area (Å²) in [6.45, 7) is 1.96. The Kier molecular flexibility index (Phi) is 3.21. The topological polar surface area (TPSA) is 64.4 Å². The highest BCUT2D eigenvalue weighted by atomic mass is 79.9. The monoisotopic (exact) mass is 340 g/mol. The van der Waals surface area contributed by atoms with Crippen LogP contribution in [-0.2, 0) is 0 Å². The Hall–Kier alpha value is -1.89. The number of aryl methyl sites for hydroxylation is 1. The van der Waals surface area contributed by atoms with Crippen molar-refractivity contribution in [2.45, 2.75) is 13.0 Å². The van der Waals surface area contributed by atoms with E-state index in [1.807, 2.05) is 0 Å². The van der Waals surface area contributed by atoms with Crippen molar-refractivity contribution in [2.24, 2.45) is 0 Å². The Morgan fingerprint density at radius 1 is 1.50 bits per heavy atom. The van der Waals surface area contributed by atoms with E-state index in [4.69, 9.17) is 9.26 Å². The number of rotatable bonds is 2. The third-order valence-corrected chi connectivity index (χ3v) is 3.61. The van der Waals surface area contributed by atoms with Gasteiger partial charge < -0.3 is 14.6 Å². The van der Waals surface area contributed by atoms with Crippen LogP contribution in [0.4, 0.5) is 4.39 Å². The highest BCUT2D eigenvalue weighted by Gasteiger charge is 2.28. The molecule has 2 aromatic rings. The average Bonchev–Trinajstić information content (AvgIpc) is 2.98. The second-order valence-corrected chi connectivity index (χ2v) is 5.32. The molecule has 1 aliphatic rings. The van der Waals surface area contributed by atoms with E-state index in [9.17, 15) is 9.18 Å². The molecule has 0 bridgehead atoms. The van der Waals surface area contributed by atoms with Gasteiger partial charge in [0.05, 0.1) is 10.5 Å². The molecule has 0 saturated heterocycles. The fraction of sp³-hybridized carbons (Fsp3) is 0.231. The van der Waals surface area contributed by atoms with Gasteiger partial charge in [-0.05, 0) is 28.9 Å². The van der Waals surface area contributed by atoms with Crippen molar-refractivity contribution in [1.29, 1.82) is 0 Å². The van der Waals surface area contributed by atoms with Gasteiger partial charge in [0.25, 0.3) is 5.91 Å². The fourth-order valence-electron chi connectivity index (χ4n) is 2.03. The first-order chi connectivity index (χ1) is 9.54. The fourth-order valence-corrected chi connectivity index (χ4v) is 2.39. The zero-order valence-electron chi connectivity index (χ0n) is 10.4. The summed E-state index contributed by atoms with van der Waals surface area (Å²) in [6.07, 6.45) is 0. The van der Waals surface area contributed by atoms with Crippen molar-refractivity contribution < 1.29 is 18.4 Å². The number of amides is 1. The molecule has 104 valence electrons. The molecule has 0 saturated carbocycles. The second-order valence-electron chi connectivity index (χ2n) is 4.46. The van der Waals surface area contributed by atoms with Gasteiger partial charge in [-0.25, -0.2) is 4.39 Å². The Morgan fingerprint density at radius 3 is 3.00 bits per heavy atom. The van der Waals surface area contributed by atoms with Crippen LogP contribution < -0.4 is 10.1 Å². The lowest BCUT2D eigenvalue weighted by Gasteiger charge is -2.10. The van der Waals surface area contributed by atoms with Crippen molar-refractivity contribution in [2.75, 3.05) is 6.61 Å². The van der Waals surface area contributed by atoms with Crippen LogP contribution in [0.5, 0.6) is 5.75 Å². The van der Waals surface area contributed by atoms with E-state index in [0.29, 0.717) is 16.0 Å². The van der Waals surface area contributed by atoms with Gasteiger partial charge in [-0.15, -0.1) is 0 Å². The van der Waals surface area contributed by atoms with Gasteiger partial charge in [0.15, 0.2) is 5.69 Å². The first kappa shape index (κ1) is 13.1. The molecule has 1 aromatic heterocycles. The zero-order chi connectivity index (χ0) is 14.3. The quantitative estimate of drug-likeness (QED) is 0.912. The standard InChI is InChI=1S/C13H10BrFN2O3/c1-6-2-10(17-20-6)13(18)16-11-5-19-12-4-9(15)8(14)3-7(11)12/h2-4,11H,5H2,1H3,(H,16,18). The Morgan fingerprint density at radius 2 is 2.30 bits per heavy atom. The van der Waals surface area contributed by atoms with E-state index in [1.54, 1.807) is 19.1 Å². The first-order valence-electron chi connectivity index (χ1n) is 5.90. The third-order valence-electron chi connectivity index (χ3n) is 3.00. The molecule has 0 aliphatic carbocycles. The summed E-state index contributed by atoms with van der Waals surface area (Å²) in [6, 6.07) is 4.11. The maximum atomic E-state index is 13.4. The molecule has 5 nitrogen and oxygen atoms in total. The number of carbonyl (C=O) groups is 1. The lowest BCUT2D eigenvalue weighted by atomic mass is 10.1. The molecule has 2 heterocycles. The second kappa shape index (κ2) is 4.90. The van der Waals surface area contributed by atoms with Crippen LogP contribution in [0.15, 0.2) is 27.2 Å². The highest BCUT2D eigenvalue weighted by molar-refractivity contribution is 9.10. The third kappa shape index (κ3) is 2.29. The summed E-state index contributed by atoms with van der Waals surface area (Å²) in [5.41, 5.74) is 0.934. The summed E-state index contributed by atoms with van der Waals surface area (Å²) in [5.74, 6) is 0.238. The number of nitrogens with zero attached hydrogens (tertiary/aromatic N) is 1. The number of hydrogen-bond donors (Lipinski definition) is 1. The summed E-state index contributed by atoms with van der Waals surface area (Å²) >= 11 is 3.12. The number of nitrogens with one attached hydrogen (secondary N) is 1. The first-order valence-corrected chi connectivity index (χ1v) is 6.70. The van der Waals surface area contributed by atoms with Crippen LogP contribution in [0.1, 0.15) is 27.9 Å². The molecule has 0 radical (unpaired) electrons. The molecule has 1 unspecified atom stereocenters. The molecule has 0 fully saturated rings. The summed E-state index contributed by atoms with van der Waals surface area (Å²) in [5, 5.41) is 6.43. The minimum Gasteiger partial charge on any atom is -0.491 e. The number of ether oxygens (including phenoxy) is 1. The van der Waals surface area contributed by atoms with Gasteiger partial charge >= 0.3 is 0 Å². The molecule has 7 heteroatoms. The maximum Gasteiger partial charge on any atom is 0.274 e. The van der Waals surface area contributed by atoms with E-state index >= 15 is 0 Å². The van der Waals surface area contributed by atoms with Gasteiger partial charge in [-0.2, -0.15) is 0 Å². The van der Waals surface area contributed by atoms with Crippen molar-refractivity contribution in [3.05, 3.63) is 45.5 Å².